The van der Waals surface area contributed by atoms with Crippen LogP contribution in [0.1, 0.15) is 26.2 Å². The number of hydrogen-bond donors (Lipinski definition) is 2. The first-order valence-electron chi connectivity index (χ1n) is 9.76. The molecule has 3 rings (SSSR count). The minimum Gasteiger partial charge on any atom is -0.356 e. The van der Waals surface area contributed by atoms with Gasteiger partial charge in [0.1, 0.15) is 10.7 Å². The molecule has 10 heteroatoms. The predicted octanol–water partition coefficient (Wildman–Crippen LogP) is 2.90. The Balaban J connectivity index is 1.69. The number of anilines is 2. The van der Waals surface area contributed by atoms with Crippen LogP contribution in [0.25, 0.3) is 0 Å². The number of benzene rings is 1. The van der Waals surface area contributed by atoms with E-state index in [0.717, 1.165) is 44.0 Å². The lowest BCUT2D eigenvalue weighted by atomic mass is 9.97. The summed E-state index contributed by atoms with van der Waals surface area (Å²) < 4.78 is 53.5. The monoisotopic (exact) mass is 438 g/mol. The number of aromatic nitrogens is 1. The number of nitrogens with one attached hydrogen (secondary N) is 2. The number of sulfonamides is 1. The third kappa shape index (κ3) is 5.24. The van der Waals surface area contributed by atoms with Gasteiger partial charge in [-0.25, -0.2) is 22.2 Å². The summed E-state index contributed by atoms with van der Waals surface area (Å²) >= 11 is 0. The predicted molar refractivity (Wildman–Crippen MR) is 110 cm³/mol. The molecule has 1 amide bonds. The largest absolute Gasteiger partial charge is 0.356 e. The first-order valence-corrected chi connectivity index (χ1v) is 11.2. The highest BCUT2D eigenvalue weighted by Crippen LogP contribution is 2.24. The fourth-order valence-corrected chi connectivity index (χ4v) is 4.28. The van der Waals surface area contributed by atoms with E-state index in [9.17, 15) is 22.0 Å². The van der Waals surface area contributed by atoms with Gasteiger partial charge in [-0.2, -0.15) is 0 Å². The van der Waals surface area contributed by atoms with Gasteiger partial charge in [0.05, 0.1) is 11.6 Å². The topological polar surface area (TPSA) is 91.4 Å². The van der Waals surface area contributed by atoms with Crippen LogP contribution in [-0.4, -0.2) is 38.9 Å². The molecule has 2 aromatic rings. The van der Waals surface area contributed by atoms with Crippen molar-refractivity contribution in [2.45, 2.75) is 31.1 Å². The van der Waals surface area contributed by atoms with Gasteiger partial charge in [-0.15, -0.1) is 0 Å². The summed E-state index contributed by atoms with van der Waals surface area (Å²) in [6.07, 6.45) is 3.72. The normalized spacial score (nSPS) is 16.9. The fraction of sp³-hybridized carbons (Fsp3) is 0.400. The Morgan fingerprint density at radius 1 is 1.23 bits per heavy atom. The van der Waals surface area contributed by atoms with Gasteiger partial charge in [0.25, 0.3) is 10.0 Å². The van der Waals surface area contributed by atoms with Crippen LogP contribution in [0.4, 0.5) is 20.3 Å². The Morgan fingerprint density at radius 3 is 2.70 bits per heavy atom. The number of carbonyl (C=O) groups is 1. The SMILES string of the molecule is CCCNC(=O)C1CCCN(c2ccc(S(=O)(=O)Nc3ccc(F)c(F)c3)cn2)C1. The summed E-state index contributed by atoms with van der Waals surface area (Å²) in [6.45, 7) is 3.88. The van der Waals surface area contributed by atoms with Crippen LogP contribution in [0.5, 0.6) is 0 Å². The van der Waals surface area contributed by atoms with E-state index >= 15 is 0 Å². The molecule has 1 saturated heterocycles. The lowest BCUT2D eigenvalue weighted by molar-refractivity contribution is -0.125. The zero-order chi connectivity index (χ0) is 21.7. The molecule has 1 atom stereocenters. The Labute approximate surface area is 174 Å². The van der Waals surface area contributed by atoms with E-state index in [-0.39, 0.29) is 22.4 Å². The molecular weight excluding hydrogens is 414 g/mol. The van der Waals surface area contributed by atoms with Crippen LogP contribution in [0.2, 0.25) is 0 Å². The molecule has 7 nitrogen and oxygen atoms in total. The smallest absolute Gasteiger partial charge is 0.263 e. The minimum absolute atomic E-state index is 0.0245. The molecule has 1 aromatic carbocycles. The Hall–Kier alpha value is -2.75. The number of pyridine rings is 1. The first kappa shape index (κ1) is 21.9. The molecule has 2 heterocycles. The Morgan fingerprint density at radius 2 is 2.03 bits per heavy atom. The number of amides is 1. The van der Waals surface area contributed by atoms with Crippen molar-refractivity contribution in [3.05, 3.63) is 48.2 Å². The van der Waals surface area contributed by atoms with E-state index < -0.39 is 21.7 Å². The van der Waals surface area contributed by atoms with Crippen LogP contribution in [-0.2, 0) is 14.8 Å². The number of carbonyl (C=O) groups excluding carboxylic acids is 1. The quantitative estimate of drug-likeness (QED) is 0.694. The molecule has 0 saturated carbocycles. The van der Waals surface area contributed by atoms with Gasteiger partial charge >= 0.3 is 0 Å². The highest BCUT2D eigenvalue weighted by Gasteiger charge is 2.26. The third-order valence-corrected chi connectivity index (χ3v) is 6.23. The highest BCUT2D eigenvalue weighted by atomic mass is 32.2. The minimum atomic E-state index is -4.01. The van der Waals surface area contributed by atoms with Crippen molar-refractivity contribution < 1.29 is 22.0 Å². The molecule has 1 unspecified atom stereocenters. The van der Waals surface area contributed by atoms with Crippen molar-refractivity contribution >= 4 is 27.4 Å². The lowest BCUT2D eigenvalue weighted by Gasteiger charge is -2.32. The van der Waals surface area contributed by atoms with E-state index in [2.05, 4.69) is 15.0 Å². The van der Waals surface area contributed by atoms with Gasteiger partial charge in [0.2, 0.25) is 5.91 Å². The second kappa shape index (κ2) is 9.38. The summed E-state index contributed by atoms with van der Waals surface area (Å²) in [4.78, 5) is 18.3. The van der Waals surface area contributed by atoms with Gasteiger partial charge in [-0.05, 0) is 43.5 Å². The average Bonchev–Trinajstić information content (AvgIpc) is 2.74. The maximum Gasteiger partial charge on any atom is 0.263 e. The van der Waals surface area contributed by atoms with Crippen LogP contribution in [0.15, 0.2) is 41.4 Å². The maximum absolute atomic E-state index is 13.3. The number of halogens is 2. The summed E-state index contributed by atoms with van der Waals surface area (Å²) in [5.74, 6) is -1.74. The average molecular weight is 439 g/mol. The van der Waals surface area contributed by atoms with E-state index in [4.69, 9.17) is 0 Å². The van der Waals surface area contributed by atoms with E-state index in [1.54, 1.807) is 6.07 Å². The van der Waals surface area contributed by atoms with E-state index in [1.165, 1.54) is 12.3 Å². The van der Waals surface area contributed by atoms with Crippen molar-refractivity contribution in [3.63, 3.8) is 0 Å². The zero-order valence-electron chi connectivity index (χ0n) is 16.6. The second-order valence-electron chi connectivity index (χ2n) is 7.16. The number of nitrogens with zero attached hydrogens (tertiary/aromatic N) is 2. The zero-order valence-corrected chi connectivity index (χ0v) is 17.4. The Kier molecular flexibility index (Phi) is 6.86. The van der Waals surface area contributed by atoms with Crippen molar-refractivity contribution in [1.82, 2.24) is 10.3 Å². The third-order valence-electron chi connectivity index (χ3n) is 4.87. The second-order valence-corrected chi connectivity index (χ2v) is 8.85. The molecule has 0 radical (unpaired) electrons. The summed E-state index contributed by atoms with van der Waals surface area (Å²) in [6, 6.07) is 5.72. The summed E-state index contributed by atoms with van der Waals surface area (Å²) in [5, 5.41) is 2.91. The van der Waals surface area contributed by atoms with Crippen molar-refractivity contribution in [2.24, 2.45) is 5.92 Å². The molecular formula is C20H24F2N4O3S. The lowest BCUT2D eigenvalue weighted by Crippen LogP contribution is -2.43. The van der Waals surface area contributed by atoms with Crippen LogP contribution >= 0.6 is 0 Å². The molecule has 2 N–H and O–H groups in total. The molecule has 0 bridgehead atoms. The van der Waals surface area contributed by atoms with E-state index in [0.29, 0.717) is 18.9 Å². The van der Waals surface area contributed by atoms with E-state index in [1.807, 2.05) is 11.8 Å². The molecule has 1 aliphatic rings. The fourth-order valence-electron chi connectivity index (χ4n) is 3.28. The number of hydrogen-bond acceptors (Lipinski definition) is 5. The highest BCUT2D eigenvalue weighted by molar-refractivity contribution is 7.92. The first-order chi connectivity index (χ1) is 14.3. The van der Waals surface area contributed by atoms with Crippen LogP contribution < -0.4 is 14.9 Å². The number of rotatable bonds is 7. The van der Waals surface area contributed by atoms with Crippen molar-refractivity contribution in [1.29, 1.82) is 0 Å². The molecule has 0 aliphatic carbocycles. The molecule has 1 aromatic heterocycles. The van der Waals surface area contributed by atoms with Gasteiger partial charge < -0.3 is 10.2 Å². The number of piperidine rings is 1. The van der Waals surface area contributed by atoms with Gasteiger partial charge in [-0.1, -0.05) is 6.92 Å². The standard InChI is InChI=1S/C20H24F2N4O3S/c1-2-9-23-20(27)14-4-3-10-26(13-14)19-8-6-16(12-24-19)30(28,29)25-15-5-7-17(21)18(22)11-15/h5-8,11-12,14,25H,2-4,9-10,13H2,1H3,(H,23,27). The molecule has 30 heavy (non-hydrogen) atoms. The molecule has 0 spiro atoms. The maximum atomic E-state index is 13.3. The molecule has 1 aliphatic heterocycles. The van der Waals surface area contributed by atoms with Crippen molar-refractivity contribution in [2.75, 3.05) is 29.3 Å². The van der Waals surface area contributed by atoms with Crippen LogP contribution in [0.3, 0.4) is 0 Å². The van der Waals surface area contributed by atoms with Gasteiger partial charge in [0.15, 0.2) is 11.6 Å². The summed E-state index contributed by atoms with van der Waals surface area (Å²) in [7, 11) is -4.01. The summed E-state index contributed by atoms with van der Waals surface area (Å²) in [5.41, 5.74) is -0.0880. The van der Waals surface area contributed by atoms with Crippen molar-refractivity contribution in [3.8, 4) is 0 Å². The Bertz CT molecular complexity index is 1000. The van der Waals surface area contributed by atoms with Crippen LogP contribution in [0, 0.1) is 17.6 Å². The van der Waals surface area contributed by atoms with Gasteiger partial charge in [0, 0.05) is 31.9 Å². The van der Waals surface area contributed by atoms with Gasteiger partial charge in [-0.3, -0.25) is 9.52 Å². The molecule has 1 fully saturated rings. The molecule has 162 valence electrons.